The fourth-order valence-electron chi connectivity index (χ4n) is 3.04. The van der Waals surface area contributed by atoms with Crippen LogP contribution in [-0.4, -0.2) is 23.2 Å². The van der Waals surface area contributed by atoms with Gasteiger partial charge in [0.1, 0.15) is 10.6 Å². The first kappa shape index (κ1) is 16.8. The summed E-state index contributed by atoms with van der Waals surface area (Å²) >= 11 is 1.53. The maximum absolute atomic E-state index is 12.3. The number of benzene rings is 1. The molecule has 0 fully saturated rings. The molecule has 0 spiro atoms. The average molecular weight is 370 g/mol. The summed E-state index contributed by atoms with van der Waals surface area (Å²) < 4.78 is 15.8. The third-order valence-corrected chi connectivity index (χ3v) is 5.56. The molecule has 4 rings (SSSR count). The predicted octanol–water partition coefficient (Wildman–Crippen LogP) is 4.04. The molecule has 0 saturated heterocycles. The maximum Gasteiger partial charge on any atom is 0.348 e. The number of hydrogen-bond donors (Lipinski definition) is 0. The number of rotatable bonds is 5. The molecular weight excluding hydrogens is 352 g/mol. The number of para-hydroxylation sites is 1. The van der Waals surface area contributed by atoms with Crippen LogP contribution in [-0.2, 0) is 24.2 Å². The van der Waals surface area contributed by atoms with Crippen LogP contribution in [0.4, 0.5) is 0 Å². The lowest BCUT2D eigenvalue weighted by atomic mass is 9.99. The Morgan fingerprint density at radius 1 is 1.27 bits per heavy atom. The number of ether oxygens (including phenoxy) is 2. The van der Waals surface area contributed by atoms with Gasteiger partial charge in [-0.25, -0.2) is 4.79 Å². The fraction of sp³-hybridized carbons (Fsp3) is 0.316. The van der Waals surface area contributed by atoms with Gasteiger partial charge in [0, 0.05) is 4.88 Å². The van der Waals surface area contributed by atoms with Crippen LogP contribution in [0.15, 0.2) is 34.9 Å². The number of aromatic nitrogens is 2. The lowest BCUT2D eigenvalue weighted by Crippen LogP contribution is -2.03. The first-order valence-electron chi connectivity index (χ1n) is 8.49. The summed E-state index contributed by atoms with van der Waals surface area (Å²) in [6.07, 6.45) is 4.48. The van der Waals surface area contributed by atoms with E-state index in [1.54, 1.807) is 7.11 Å². The molecule has 0 unspecified atom stereocenters. The molecule has 2 heterocycles. The number of aryl methyl sites for hydroxylation is 2. The van der Waals surface area contributed by atoms with Crippen LogP contribution >= 0.6 is 11.3 Å². The molecule has 3 aromatic rings. The Balaban J connectivity index is 1.43. The number of hydrogen-bond acceptors (Lipinski definition) is 7. The highest BCUT2D eigenvalue weighted by molar-refractivity contribution is 7.14. The molecule has 134 valence electrons. The van der Waals surface area contributed by atoms with Crippen LogP contribution < -0.4 is 4.74 Å². The normalized spacial score (nSPS) is 13.3. The van der Waals surface area contributed by atoms with Crippen molar-refractivity contribution in [2.75, 3.05) is 7.11 Å². The van der Waals surface area contributed by atoms with Gasteiger partial charge >= 0.3 is 5.97 Å². The number of esters is 1. The molecule has 0 aliphatic heterocycles. The number of nitrogens with zero attached hydrogens (tertiary/aromatic N) is 2. The van der Waals surface area contributed by atoms with Crippen LogP contribution in [0.2, 0.25) is 0 Å². The molecule has 1 aliphatic carbocycles. The van der Waals surface area contributed by atoms with E-state index >= 15 is 0 Å². The van der Waals surface area contributed by atoms with E-state index in [4.69, 9.17) is 14.0 Å². The molecule has 2 aromatic heterocycles. The van der Waals surface area contributed by atoms with Gasteiger partial charge in [-0.1, -0.05) is 17.3 Å². The van der Waals surface area contributed by atoms with E-state index in [1.807, 2.05) is 30.3 Å². The number of carbonyl (C=O) groups is 1. The highest BCUT2D eigenvalue weighted by Gasteiger charge is 2.19. The lowest BCUT2D eigenvalue weighted by Gasteiger charge is -2.08. The molecule has 0 radical (unpaired) electrons. The fourth-order valence-corrected chi connectivity index (χ4v) is 4.19. The van der Waals surface area contributed by atoms with E-state index in [1.165, 1.54) is 34.6 Å². The first-order valence-corrected chi connectivity index (χ1v) is 9.31. The molecule has 0 amide bonds. The summed E-state index contributed by atoms with van der Waals surface area (Å²) in [5.41, 5.74) is 2.01. The summed E-state index contributed by atoms with van der Waals surface area (Å²) in [7, 11) is 1.59. The molecule has 0 atom stereocenters. The average Bonchev–Trinajstić information content (AvgIpc) is 3.33. The van der Waals surface area contributed by atoms with Gasteiger partial charge in [0.25, 0.3) is 5.89 Å². The summed E-state index contributed by atoms with van der Waals surface area (Å²) in [5, 5.41) is 3.94. The van der Waals surface area contributed by atoms with Gasteiger partial charge in [0.2, 0.25) is 5.82 Å². The Bertz CT molecular complexity index is 908. The van der Waals surface area contributed by atoms with Crippen molar-refractivity contribution in [1.29, 1.82) is 0 Å². The third kappa shape index (κ3) is 3.35. The van der Waals surface area contributed by atoms with Crippen LogP contribution in [0.3, 0.4) is 0 Å². The number of methoxy groups -OCH3 is 1. The number of carbonyl (C=O) groups excluding carboxylic acids is 1. The maximum atomic E-state index is 12.3. The van der Waals surface area contributed by atoms with Gasteiger partial charge in [-0.15, -0.1) is 11.3 Å². The zero-order chi connectivity index (χ0) is 17.9. The SMILES string of the molecule is COc1ccccc1-c1noc(COC(=O)c2cc3c(s2)CCCC3)n1. The van der Waals surface area contributed by atoms with Crippen molar-refractivity contribution in [2.24, 2.45) is 0 Å². The molecular formula is C19H18N2O4S. The molecule has 26 heavy (non-hydrogen) atoms. The third-order valence-electron chi connectivity index (χ3n) is 4.34. The van der Waals surface area contributed by atoms with E-state index in [0.29, 0.717) is 16.5 Å². The molecule has 1 aliphatic rings. The smallest absolute Gasteiger partial charge is 0.348 e. The molecule has 0 saturated carbocycles. The summed E-state index contributed by atoms with van der Waals surface area (Å²) in [5.74, 6) is 0.961. The largest absolute Gasteiger partial charge is 0.496 e. The molecule has 0 bridgehead atoms. The molecule has 1 aromatic carbocycles. The van der Waals surface area contributed by atoms with Crippen molar-refractivity contribution < 1.29 is 18.8 Å². The van der Waals surface area contributed by atoms with Crippen LogP contribution in [0, 0.1) is 0 Å². The van der Waals surface area contributed by atoms with Gasteiger partial charge in [0.15, 0.2) is 6.61 Å². The lowest BCUT2D eigenvalue weighted by molar-refractivity contribution is 0.0435. The predicted molar refractivity (Wildman–Crippen MR) is 96.4 cm³/mol. The standard InChI is InChI=1S/C19H18N2O4S/c1-23-14-8-4-3-7-13(14)18-20-17(25-21-18)11-24-19(22)16-10-12-6-2-5-9-15(12)26-16/h3-4,7-8,10H,2,5-6,9,11H2,1H3. The van der Waals surface area contributed by atoms with Crippen molar-refractivity contribution >= 4 is 17.3 Å². The zero-order valence-corrected chi connectivity index (χ0v) is 15.2. The summed E-state index contributed by atoms with van der Waals surface area (Å²) in [6, 6.07) is 9.35. The van der Waals surface area contributed by atoms with Crippen molar-refractivity contribution in [2.45, 2.75) is 32.3 Å². The van der Waals surface area contributed by atoms with E-state index in [2.05, 4.69) is 10.1 Å². The van der Waals surface area contributed by atoms with E-state index in [-0.39, 0.29) is 18.5 Å². The Hall–Kier alpha value is -2.67. The monoisotopic (exact) mass is 370 g/mol. The first-order chi connectivity index (χ1) is 12.7. The van der Waals surface area contributed by atoms with Gasteiger partial charge in [-0.3, -0.25) is 0 Å². The van der Waals surface area contributed by atoms with E-state index in [0.717, 1.165) is 18.4 Å². The van der Waals surface area contributed by atoms with Gasteiger partial charge in [-0.05, 0) is 49.4 Å². The Kier molecular flexibility index (Phi) is 4.71. The number of thiophene rings is 1. The van der Waals surface area contributed by atoms with E-state index in [9.17, 15) is 4.79 Å². The molecule has 0 N–H and O–H groups in total. The second-order valence-corrected chi connectivity index (χ2v) is 7.19. The van der Waals surface area contributed by atoms with Crippen LogP contribution in [0.5, 0.6) is 5.75 Å². The number of fused-ring (bicyclic) bond motifs is 1. The molecule has 6 nitrogen and oxygen atoms in total. The van der Waals surface area contributed by atoms with Crippen molar-refractivity contribution in [3.05, 3.63) is 51.5 Å². The highest BCUT2D eigenvalue weighted by atomic mass is 32.1. The second kappa shape index (κ2) is 7.29. The van der Waals surface area contributed by atoms with E-state index < -0.39 is 0 Å². The summed E-state index contributed by atoms with van der Waals surface area (Å²) in [6.45, 7) is -0.0520. The highest BCUT2D eigenvalue weighted by Crippen LogP contribution is 2.30. The Morgan fingerprint density at radius 2 is 2.12 bits per heavy atom. The van der Waals surface area contributed by atoms with Crippen molar-refractivity contribution in [3.63, 3.8) is 0 Å². The van der Waals surface area contributed by atoms with Gasteiger partial charge in [-0.2, -0.15) is 4.98 Å². The quantitative estimate of drug-likeness (QED) is 0.631. The zero-order valence-electron chi connectivity index (χ0n) is 14.4. The topological polar surface area (TPSA) is 74.5 Å². The summed E-state index contributed by atoms with van der Waals surface area (Å²) in [4.78, 5) is 18.5. The van der Waals surface area contributed by atoms with Crippen molar-refractivity contribution in [3.8, 4) is 17.1 Å². The van der Waals surface area contributed by atoms with Crippen LogP contribution in [0.1, 0.15) is 38.8 Å². The Labute approximate surface area is 154 Å². The second-order valence-electron chi connectivity index (χ2n) is 6.05. The minimum atomic E-state index is -0.346. The Morgan fingerprint density at radius 3 is 2.96 bits per heavy atom. The van der Waals surface area contributed by atoms with Crippen molar-refractivity contribution in [1.82, 2.24) is 10.1 Å². The minimum Gasteiger partial charge on any atom is -0.496 e. The van der Waals surface area contributed by atoms with Crippen LogP contribution in [0.25, 0.3) is 11.4 Å². The van der Waals surface area contributed by atoms with Gasteiger partial charge in [0.05, 0.1) is 12.7 Å². The molecule has 7 heteroatoms. The minimum absolute atomic E-state index is 0.0520. The van der Waals surface area contributed by atoms with Gasteiger partial charge < -0.3 is 14.0 Å².